The molecule has 0 aliphatic carbocycles. The number of carbonyl (C=O) groups excluding carboxylic acids is 1. The van der Waals surface area contributed by atoms with Crippen LogP contribution >= 0.6 is 19.2 Å². The maximum Gasteiger partial charge on any atom is 0.469 e. The smallest absolute Gasteiger partial charge is 0.469 e. The molecule has 0 fully saturated rings. The van der Waals surface area contributed by atoms with Gasteiger partial charge in [0.05, 0.1) is 43.5 Å². The third-order valence-electron chi connectivity index (χ3n) is 8.93. The second-order valence-electron chi connectivity index (χ2n) is 14.2. The van der Waals surface area contributed by atoms with E-state index in [0.29, 0.717) is 64.3 Å². The normalized spacial score (nSPS) is 12.7. The third kappa shape index (κ3) is 9.60. The Hall–Kier alpha value is -3.79. The summed E-state index contributed by atoms with van der Waals surface area (Å²) in [5.74, 6) is -1.33. The lowest BCUT2D eigenvalue weighted by Gasteiger charge is -2.59. The molecular weight excluding hydrogens is 717 g/mol. The Morgan fingerprint density at radius 2 is 1.75 bits per heavy atom. The first-order valence-electron chi connectivity index (χ1n) is 16.7. The summed E-state index contributed by atoms with van der Waals surface area (Å²) >= 11 is 1.20. The molecule has 2 aromatic heterocycles. The zero-order valence-corrected chi connectivity index (χ0v) is 32.3. The number of benzene rings is 2. The molecule has 4 aromatic rings. The monoisotopic (exact) mass is 764 g/mol. The Bertz CT molecular complexity index is 1900. The number of rotatable bonds is 16. The average molecular weight is 765 g/mol. The lowest BCUT2D eigenvalue weighted by molar-refractivity contribution is -0.116. The van der Waals surface area contributed by atoms with E-state index in [4.69, 9.17) is 14.0 Å². The molecule has 0 aliphatic heterocycles. The van der Waals surface area contributed by atoms with Gasteiger partial charge < -0.3 is 29.9 Å². The number of carbonyl (C=O) groups is 1. The molecule has 1 amide bonds. The molecule has 52 heavy (non-hydrogen) atoms. The van der Waals surface area contributed by atoms with Gasteiger partial charge in [-0.3, -0.25) is 14.2 Å². The number of aromatic nitrogens is 3. The van der Waals surface area contributed by atoms with Gasteiger partial charge in [-0.25, -0.2) is 28.3 Å². The second kappa shape index (κ2) is 16.5. The number of ether oxygens (including phenoxy) is 2. The van der Waals surface area contributed by atoms with E-state index in [-0.39, 0.29) is 18.7 Å². The quantitative estimate of drug-likeness (QED) is 0.0664. The number of hydrogen-bond acceptors (Lipinski definition) is 11. The van der Waals surface area contributed by atoms with Crippen molar-refractivity contribution in [2.75, 3.05) is 44.0 Å². The van der Waals surface area contributed by atoms with Gasteiger partial charge in [-0.05, 0) is 42.0 Å². The average Bonchev–Trinajstić information content (AvgIpc) is 3.48. The Morgan fingerprint density at radius 1 is 1.04 bits per heavy atom. The lowest BCUT2D eigenvalue weighted by atomic mass is 9.59. The van der Waals surface area contributed by atoms with Gasteiger partial charge in [-0.15, -0.1) is 11.3 Å². The van der Waals surface area contributed by atoms with E-state index in [1.807, 2.05) is 6.92 Å². The van der Waals surface area contributed by atoms with Crippen molar-refractivity contribution in [3.05, 3.63) is 59.4 Å². The van der Waals surface area contributed by atoms with E-state index in [9.17, 15) is 27.9 Å². The van der Waals surface area contributed by atoms with Crippen molar-refractivity contribution in [2.24, 2.45) is 10.8 Å². The highest BCUT2D eigenvalue weighted by Gasteiger charge is 2.55. The van der Waals surface area contributed by atoms with Crippen molar-refractivity contribution in [1.82, 2.24) is 19.9 Å². The highest BCUT2D eigenvalue weighted by Crippen LogP contribution is 2.51. The fraction of sp³-hybridized carbons (Fsp3) is 0.486. The minimum absolute atomic E-state index is 0.0983. The Labute approximate surface area is 306 Å². The molecule has 2 heterocycles. The van der Waals surface area contributed by atoms with Crippen LogP contribution in [-0.2, 0) is 20.3 Å². The van der Waals surface area contributed by atoms with Crippen LogP contribution in [0.3, 0.4) is 0 Å². The first-order chi connectivity index (χ1) is 24.3. The highest BCUT2D eigenvalue weighted by molar-refractivity contribution is 7.46. The molecule has 0 aliphatic rings. The summed E-state index contributed by atoms with van der Waals surface area (Å²) in [5.41, 5.74) is -1.22. The van der Waals surface area contributed by atoms with E-state index in [0.717, 1.165) is 6.07 Å². The van der Waals surface area contributed by atoms with E-state index in [1.54, 1.807) is 12.1 Å². The number of methoxy groups -OCH3 is 1. The van der Waals surface area contributed by atoms with Crippen LogP contribution in [0.4, 0.5) is 25.4 Å². The maximum atomic E-state index is 14.0. The van der Waals surface area contributed by atoms with Gasteiger partial charge in [-0.1, -0.05) is 54.5 Å². The molecule has 0 saturated heterocycles. The SMILES string of the molecule is CCN(CCCOc1cc2ncnc(Nc3ncc(CC(=O)Nc4cccc(F)c4F)s3)c2cc1OC)C(COP(=O)(O)O)(C(C)(C)C)C(C)(C)C. The van der Waals surface area contributed by atoms with Crippen molar-refractivity contribution >= 4 is 52.6 Å². The van der Waals surface area contributed by atoms with E-state index >= 15 is 0 Å². The number of hydrogen-bond donors (Lipinski definition) is 4. The number of phosphoric acid groups is 1. The Balaban J connectivity index is 1.45. The third-order valence-corrected chi connectivity index (χ3v) is 10.3. The van der Waals surface area contributed by atoms with Gasteiger partial charge in [0.15, 0.2) is 28.3 Å². The zero-order valence-electron chi connectivity index (χ0n) is 30.6. The van der Waals surface area contributed by atoms with Gasteiger partial charge in [-0.2, -0.15) is 0 Å². The summed E-state index contributed by atoms with van der Waals surface area (Å²) in [6, 6.07) is 7.07. The fourth-order valence-electron chi connectivity index (χ4n) is 6.77. The number of fused-ring (bicyclic) bond motifs is 1. The zero-order chi connectivity index (χ0) is 38.5. The Kier molecular flexibility index (Phi) is 13.0. The van der Waals surface area contributed by atoms with Crippen LogP contribution in [0.2, 0.25) is 0 Å². The highest BCUT2D eigenvalue weighted by atomic mass is 32.1. The summed E-state index contributed by atoms with van der Waals surface area (Å²) < 4.78 is 56.3. The first kappa shape index (κ1) is 41.0. The van der Waals surface area contributed by atoms with Gasteiger partial charge in [0, 0.05) is 29.1 Å². The molecule has 4 rings (SSSR count). The molecule has 0 spiro atoms. The van der Waals surface area contributed by atoms with E-state index < -0.39 is 41.7 Å². The second-order valence-corrected chi connectivity index (χ2v) is 16.6. The maximum absolute atomic E-state index is 14.0. The minimum atomic E-state index is -4.71. The molecular formula is C35H47F2N6O7PS. The van der Waals surface area contributed by atoms with Gasteiger partial charge >= 0.3 is 7.82 Å². The summed E-state index contributed by atoms with van der Waals surface area (Å²) in [5, 5.41) is 6.62. The number of phosphoric ester groups is 1. The summed E-state index contributed by atoms with van der Waals surface area (Å²) in [6.45, 7) is 15.7. The summed E-state index contributed by atoms with van der Waals surface area (Å²) in [4.78, 5) is 47.6. The molecule has 0 radical (unpaired) electrons. The van der Waals surface area contributed by atoms with E-state index in [1.165, 1.54) is 43.1 Å². The lowest BCUT2D eigenvalue weighted by Crippen LogP contribution is -2.67. The summed E-state index contributed by atoms with van der Waals surface area (Å²) in [7, 11) is -3.18. The van der Waals surface area contributed by atoms with Gasteiger partial charge in [0.2, 0.25) is 5.91 Å². The molecule has 2 aromatic carbocycles. The predicted octanol–water partition coefficient (Wildman–Crippen LogP) is 7.33. The van der Waals surface area contributed by atoms with Crippen molar-refractivity contribution in [3.8, 4) is 11.5 Å². The topological polar surface area (TPSA) is 168 Å². The largest absolute Gasteiger partial charge is 0.493 e. The molecule has 0 unspecified atom stereocenters. The van der Waals surface area contributed by atoms with Crippen LogP contribution in [-0.4, -0.2) is 74.5 Å². The number of halogens is 2. The number of nitrogens with zero attached hydrogens (tertiary/aromatic N) is 4. The van der Waals surface area contributed by atoms with Crippen molar-refractivity contribution in [2.45, 2.75) is 66.8 Å². The van der Waals surface area contributed by atoms with Crippen LogP contribution < -0.4 is 20.1 Å². The number of thiazole rings is 1. The van der Waals surface area contributed by atoms with Crippen molar-refractivity contribution in [3.63, 3.8) is 0 Å². The van der Waals surface area contributed by atoms with Crippen LogP contribution in [0.1, 0.15) is 59.8 Å². The number of likely N-dealkylation sites (N-methyl/N-ethyl adjacent to an activating group) is 1. The number of anilines is 3. The van der Waals surface area contributed by atoms with Crippen LogP contribution in [0, 0.1) is 22.5 Å². The van der Waals surface area contributed by atoms with Crippen molar-refractivity contribution in [1.29, 1.82) is 0 Å². The molecule has 284 valence electrons. The molecule has 17 heteroatoms. The molecule has 0 bridgehead atoms. The first-order valence-corrected chi connectivity index (χ1v) is 19.0. The van der Waals surface area contributed by atoms with E-state index in [2.05, 4.69) is 72.0 Å². The molecule has 0 saturated carbocycles. The molecule has 4 N–H and O–H groups in total. The van der Waals surface area contributed by atoms with Gasteiger partial charge in [0.1, 0.15) is 12.1 Å². The van der Waals surface area contributed by atoms with Gasteiger partial charge in [0.25, 0.3) is 0 Å². The van der Waals surface area contributed by atoms with Crippen molar-refractivity contribution < 1.29 is 41.9 Å². The summed E-state index contributed by atoms with van der Waals surface area (Å²) in [6.07, 6.45) is 3.41. The van der Waals surface area contributed by atoms with Crippen LogP contribution in [0.25, 0.3) is 10.9 Å². The standard InChI is InChI=1S/C35H47F2N6O7PS/c1-9-43(35(33(2,3)4,34(5,6)7)20-50-51(45,46)47)14-11-15-49-28-18-26-23(17-27(28)48-8)31(40-21-39-26)42-32-38-19-22(52-32)16-29(44)41-25-13-10-12-24(36)30(25)37/h10,12-13,17-19,21H,9,11,14-16,20H2,1-8H3,(H,41,44)(H2,45,46,47)(H,38,39,40,42). The predicted molar refractivity (Wildman–Crippen MR) is 197 cm³/mol. The Morgan fingerprint density at radius 3 is 2.38 bits per heavy atom. The fourth-order valence-corrected chi connectivity index (χ4v) is 7.93. The number of amides is 1. The number of nitrogens with one attached hydrogen (secondary N) is 2. The molecule has 13 nitrogen and oxygen atoms in total. The van der Waals surface area contributed by atoms with Crippen LogP contribution in [0.5, 0.6) is 11.5 Å². The minimum Gasteiger partial charge on any atom is -0.493 e. The molecule has 0 atom stereocenters. The van der Waals surface area contributed by atoms with Crippen LogP contribution in [0.15, 0.2) is 42.9 Å².